The van der Waals surface area contributed by atoms with Crippen LogP contribution in [0.2, 0.25) is 0 Å². The topological polar surface area (TPSA) is 24.7 Å². The molecule has 2 aliphatic carbocycles. The zero-order valence-corrected chi connectivity index (χ0v) is 15.4. The predicted molar refractivity (Wildman–Crippen MR) is 91.3 cm³/mol. The lowest BCUT2D eigenvalue weighted by Crippen LogP contribution is -2.51. The Morgan fingerprint density at radius 1 is 0.524 bits per heavy atom. The Balaban J connectivity index is 2.14. The average molecular weight is 305 g/mol. The van der Waals surface area contributed by atoms with Crippen molar-refractivity contribution < 1.29 is 0 Å². The van der Waals surface area contributed by atoms with Crippen molar-refractivity contribution >= 4 is 11.8 Å². The van der Waals surface area contributed by atoms with E-state index in [-0.39, 0.29) is 31.4 Å². The van der Waals surface area contributed by atoms with E-state index in [1.165, 1.54) is 0 Å². The third-order valence-electron chi connectivity index (χ3n) is 5.95. The second-order valence-corrected chi connectivity index (χ2v) is 10.5. The van der Waals surface area contributed by atoms with Crippen LogP contribution in [0.3, 0.4) is 0 Å². The Hall–Kier alpha value is -0.570. The molecular weight excluding hydrogens is 276 g/mol. The molecule has 2 nitrogen and oxygen atoms in total. The zero-order valence-electron chi connectivity index (χ0n) is 14.6. The van der Waals surface area contributed by atoms with Crippen molar-refractivity contribution in [2.24, 2.45) is 31.9 Å². The monoisotopic (exact) mass is 304 g/mol. The van der Waals surface area contributed by atoms with Gasteiger partial charge in [0.25, 0.3) is 0 Å². The quantitative estimate of drug-likeness (QED) is 0.517. The minimum Gasteiger partial charge on any atom is -0.173 e. The molecule has 0 saturated heterocycles. The first-order valence-electron chi connectivity index (χ1n) is 7.88. The molecule has 3 aliphatic rings. The van der Waals surface area contributed by atoms with Gasteiger partial charge in [-0.05, 0) is 0 Å². The molecule has 0 bridgehead atoms. The Bertz CT molecular complexity index is 490. The van der Waals surface area contributed by atoms with Crippen LogP contribution in [0.25, 0.3) is 0 Å². The number of thioether (sulfide) groups is 1. The van der Waals surface area contributed by atoms with Gasteiger partial charge in [-0.2, -0.15) is 10.2 Å². The van der Waals surface area contributed by atoms with Crippen molar-refractivity contribution in [2.45, 2.75) is 65.1 Å². The van der Waals surface area contributed by atoms with Gasteiger partial charge in [-0.15, -0.1) is 0 Å². The normalized spacial score (nSPS) is 34.3. The maximum absolute atomic E-state index is 4.98. The highest BCUT2D eigenvalue weighted by Gasteiger charge is 2.71. The summed E-state index contributed by atoms with van der Waals surface area (Å²) in [5, 5.41) is 9.97. The summed E-state index contributed by atoms with van der Waals surface area (Å²) < 4.78 is 0. The Morgan fingerprint density at radius 2 is 0.762 bits per heavy atom. The molecule has 1 heterocycles. The third kappa shape index (κ3) is 1.51. The fraction of sp³-hybridized carbons (Fsp3) is 0.778. The fourth-order valence-electron chi connectivity index (χ4n) is 4.38. The van der Waals surface area contributed by atoms with Crippen molar-refractivity contribution in [1.82, 2.24) is 0 Å². The van der Waals surface area contributed by atoms with Crippen molar-refractivity contribution in [2.75, 3.05) is 0 Å². The van der Waals surface area contributed by atoms with E-state index in [0.29, 0.717) is 0 Å². The molecule has 0 fully saturated rings. The van der Waals surface area contributed by atoms with Crippen molar-refractivity contribution in [3.63, 3.8) is 0 Å². The van der Waals surface area contributed by atoms with E-state index in [2.05, 4.69) is 79.7 Å². The predicted octanol–water partition coefficient (Wildman–Crippen LogP) is 5.82. The van der Waals surface area contributed by atoms with Gasteiger partial charge < -0.3 is 0 Å². The largest absolute Gasteiger partial charge is 0.173 e. The van der Waals surface area contributed by atoms with Crippen LogP contribution in [0, 0.1) is 21.7 Å². The van der Waals surface area contributed by atoms with Gasteiger partial charge in [-0.3, -0.25) is 0 Å². The van der Waals surface area contributed by atoms with Crippen LogP contribution < -0.4 is 0 Å². The molecule has 0 atom stereocenters. The molecular formula is C18H28N2S. The highest BCUT2D eigenvalue weighted by molar-refractivity contribution is 8.02. The maximum atomic E-state index is 4.98. The van der Waals surface area contributed by atoms with E-state index >= 15 is 0 Å². The third-order valence-corrected chi connectivity index (χ3v) is 8.81. The SMILES string of the molecule is CC1(C)C=CC(C)(C)C12N=NC1(S2)C(C)(C)C=CC1(C)C. The van der Waals surface area contributed by atoms with E-state index in [1.54, 1.807) is 0 Å². The standard InChI is InChI=1S/C18H28N2S/c1-13(2)9-10-14(3,4)17(13)19-20-18(21-17)15(5,6)11-12-16(18,7)8/h9-12H,1-8H3. The van der Waals surface area contributed by atoms with Gasteiger partial charge in [-0.1, -0.05) is 91.5 Å². The second kappa shape index (κ2) is 3.67. The second-order valence-electron chi connectivity index (χ2n) is 9.14. The summed E-state index contributed by atoms with van der Waals surface area (Å²) in [5.74, 6) is 0. The number of hydrogen-bond donors (Lipinski definition) is 0. The summed E-state index contributed by atoms with van der Waals surface area (Å²) in [5.41, 5.74) is 0.0671. The molecule has 3 rings (SSSR count). The van der Waals surface area contributed by atoms with Crippen molar-refractivity contribution in [1.29, 1.82) is 0 Å². The lowest BCUT2D eigenvalue weighted by molar-refractivity contribution is 0.223. The van der Waals surface area contributed by atoms with Crippen LogP contribution in [-0.2, 0) is 0 Å². The Morgan fingerprint density at radius 3 is 1.00 bits per heavy atom. The molecule has 0 unspecified atom stereocenters. The summed E-state index contributed by atoms with van der Waals surface area (Å²) in [4.78, 5) is -0.416. The highest BCUT2D eigenvalue weighted by Crippen LogP contribution is 2.74. The smallest absolute Gasteiger partial charge is 0.146 e. The molecule has 3 heteroatoms. The first kappa shape index (κ1) is 15.3. The molecule has 116 valence electrons. The van der Waals surface area contributed by atoms with Gasteiger partial charge >= 0.3 is 0 Å². The van der Waals surface area contributed by atoms with Crippen LogP contribution in [-0.4, -0.2) is 9.74 Å². The summed E-state index contributed by atoms with van der Waals surface area (Å²) in [6, 6.07) is 0. The average Bonchev–Trinajstić information content (AvgIpc) is 2.90. The van der Waals surface area contributed by atoms with Crippen LogP contribution in [0.4, 0.5) is 0 Å². The molecule has 0 N–H and O–H groups in total. The number of hydrogen-bond acceptors (Lipinski definition) is 3. The van der Waals surface area contributed by atoms with Gasteiger partial charge in [0.2, 0.25) is 0 Å². The molecule has 0 amide bonds. The van der Waals surface area contributed by atoms with Crippen LogP contribution >= 0.6 is 11.8 Å². The molecule has 0 aromatic carbocycles. The lowest BCUT2D eigenvalue weighted by Gasteiger charge is -2.49. The lowest BCUT2D eigenvalue weighted by atomic mass is 9.76. The molecule has 0 aromatic rings. The van der Waals surface area contributed by atoms with Gasteiger partial charge in [0.05, 0.1) is 0 Å². The van der Waals surface area contributed by atoms with Gasteiger partial charge in [0, 0.05) is 21.7 Å². The Kier molecular flexibility index (Phi) is 2.68. The van der Waals surface area contributed by atoms with E-state index in [0.717, 1.165) is 0 Å². The number of azo groups is 1. The molecule has 2 spiro atoms. The van der Waals surface area contributed by atoms with E-state index in [1.807, 2.05) is 11.8 Å². The maximum Gasteiger partial charge on any atom is 0.146 e. The number of nitrogens with zero attached hydrogens (tertiary/aromatic N) is 2. The molecule has 1 aliphatic heterocycles. The molecule has 0 saturated carbocycles. The highest BCUT2D eigenvalue weighted by atomic mass is 32.2. The minimum atomic E-state index is -0.208. The van der Waals surface area contributed by atoms with E-state index in [9.17, 15) is 0 Å². The van der Waals surface area contributed by atoms with Crippen molar-refractivity contribution in [3.05, 3.63) is 24.3 Å². The van der Waals surface area contributed by atoms with Gasteiger partial charge in [0.15, 0.2) is 0 Å². The first-order chi connectivity index (χ1) is 9.33. The van der Waals surface area contributed by atoms with Crippen molar-refractivity contribution in [3.8, 4) is 0 Å². The Labute approximate surface area is 133 Å². The summed E-state index contributed by atoms with van der Waals surface area (Å²) in [6.07, 6.45) is 9.33. The van der Waals surface area contributed by atoms with Crippen LogP contribution in [0.15, 0.2) is 34.5 Å². The summed E-state index contributed by atoms with van der Waals surface area (Å²) in [7, 11) is 0. The molecule has 0 aromatic heterocycles. The molecule has 21 heavy (non-hydrogen) atoms. The van der Waals surface area contributed by atoms with Crippen LogP contribution in [0.1, 0.15) is 55.4 Å². The van der Waals surface area contributed by atoms with Gasteiger partial charge in [-0.25, -0.2) is 0 Å². The zero-order chi connectivity index (χ0) is 15.9. The van der Waals surface area contributed by atoms with E-state index in [4.69, 9.17) is 10.2 Å². The van der Waals surface area contributed by atoms with E-state index < -0.39 is 0 Å². The first-order valence-corrected chi connectivity index (χ1v) is 8.69. The van der Waals surface area contributed by atoms with Gasteiger partial charge in [0.1, 0.15) is 9.74 Å². The minimum absolute atomic E-state index is 0.0168. The molecule has 0 radical (unpaired) electrons. The van der Waals surface area contributed by atoms with Crippen LogP contribution in [0.5, 0.6) is 0 Å². The summed E-state index contributed by atoms with van der Waals surface area (Å²) in [6.45, 7) is 18.4. The number of rotatable bonds is 0. The summed E-state index contributed by atoms with van der Waals surface area (Å²) >= 11 is 2.00. The fourth-order valence-corrected chi connectivity index (χ4v) is 6.30.